The molecule has 4 nitrogen and oxygen atoms in total. The molecule has 1 aromatic carbocycles. The van der Waals surface area contributed by atoms with Gasteiger partial charge in [-0.2, -0.15) is 5.10 Å². The van der Waals surface area contributed by atoms with E-state index >= 15 is 0 Å². The topological polar surface area (TPSA) is 38.1 Å². The predicted octanol–water partition coefficient (Wildman–Crippen LogP) is 4.17. The number of ketones is 1. The van der Waals surface area contributed by atoms with Crippen LogP contribution in [0.5, 0.6) is 0 Å². The van der Waals surface area contributed by atoms with Gasteiger partial charge in [-0.3, -0.25) is 9.69 Å². The number of aromatic nitrogens is 2. The molecule has 1 aliphatic rings. The SMILES string of the molecule is O=C(Cc1ccn(-c2ccc(Cl)c(Cl)c2)n1)CN1CCCCCC1. The lowest BCUT2D eigenvalue weighted by molar-refractivity contribution is -0.119. The fourth-order valence-electron chi connectivity index (χ4n) is 3.03. The predicted molar refractivity (Wildman–Crippen MR) is 97.2 cm³/mol. The lowest BCUT2D eigenvalue weighted by Crippen LogP contribution is -2.31. The summed E-state index contributed by atoms with van der Waals surface area (Å²) in [5, 5.41) is 5.48. The van der Waals surface area contributed by atoms with Crippen LogP contribution >= 0.6 is 23.2 Å². The standard InChI is InChI=1S/C18H21Cl2N3O/c19-17-6-5-15(12-18(17)20)23-10-7-14(21-23)11-16(24)13-22-8-3-1-2-4-9-22/h5-7,10,12H,1-4,8-9,11,13H2. The summed E-state index contributed by atoms with van der Waals surface area (Å²) in [6.45, 7) is 2.59. The minimum Gasteiger partial charge on any atom is -0.298 e. The summed E-state index contributed by atoms with van der Waals surface area (Å²) in [7, 11) is 0. The summed E-state index contributed by atoms with van der Waals surface area (Å²) >= 11 is 12.0. The van der Waals surface area contributed by atoms with Gasteiger partial charge in [0.25, 0.3) is 0 Å². The second-order valence-electron chi connectivity index (χ2n) is 6.26. The van der Waals surface area contributed by atoms with Gasteiger partial charge in [0.05, 0.1) is 34.4 Å². The zero-order valence-electron chi connectivity index (χ0n) is 13.5. The van der Waals surface area contributed by atoms with Gasteiger partial charge in [0.15, 0.2) is 5.78 Å². The second-order valence-corrected chi connectivity index (χ2v) is 7.07. The van der Waals surface area contributed by atoms with Gasteiger partial charge in [0.1, 0.15) is 0 Å². The van der Waals surface area contributed by atoms with Crippen molar-refractivity contribution >= 4 is 29.0 Å². The van der Waals surface area contributed by atoms with E-state index in [2.05, 4.69) is 10.00 Å². The van der Waals surface area contributed by atoms with Crippen molar-refractivity contribution in [3.63, 3.8) is 0 Å². The van der Waals surface area contributed by atoms with Crippen LogP contribution < -0.4 is 0 Å². The highest BCUT2D eigenvalue weighted by Gasteiger charge is 2.14. The normalized spacial score (nSPS) is 16.1. The fraction of sp³-hybridized carbons (Fsp3) is 0.444. The maximum Gasteiger partial charge on any atom is 0.152 e. The Morgan fingerprint density at radius 3 is 2.50 bits per heavy atom. The Hall–Kier alpha value is -1.36. The van der Waals surface area contributed by atoms with Crippen LogP contribution in [-0.2, 0) is 11.2 Å². The lowest BCUT2D eigenvalue weighted by atomic mass is 10.2. The van der Waals surface area contributed by atoms with E-state index in [4.69, 9.17) is 23.2 Å². The van der Waals surface area contributed by atoms with Gasteiger partial charge in [0, 0.05) is 6.20 Å². The number of likely N-dealkylation sites (tertiary alicyclic amines) is 1. The Morgan fingerprint density at radius 2 is 1.79 bits per heavy atom. The highest BCUT2D eigenvalue weighted by Crippen LogP contribution is 2.24. The molecule has 0 unspecified atom stereocenters. The van der Waals surface area contributed by atoms with E-state index in [0.717, 1.165) is 24.5 Å². The lowest BCUT2D eigenvalue weighted by Gasteiger charge is -2.18. The summed E-state index contributed by atoms with van der Waals surface area (Å²) in [5.74, 6) is 0.219. The summed E-state index contributed by atoms with van der Waals surface area (Å²) < 4.78 is 1.72. The average Bonchev–Trinajstić information content (AvgIpc) is 2.86. The Bertz CT molecular complexity index is 706. The molecular weight excluding hydrogens is 345 g/mol. The number of halogens is 2. The van der Waals surface area contributed by atoms with Crippen LogP contribution in [0.15, 0.2) is 30.5 Å². The first-order valence-electron chi connectivity index (χ1n) is 8.36. The molecule has 1 fully saturated rings. The first-order chi connectivity index (χ1) is 11.6. The molecule has 2 aromatic rings. The quantitative estimate of drug-likeness (QED) is 0.797. The molecule has 0 spiro atoms. The van der Waals surface area contributed by atoms with Crippen molar-refractivity contribution in [2.75, 3.05) is 19.6 Å². The first-order valence-corrected chi connectivity index (χ1v) is 9.11. The number of hydrogen-bond acceptors (Lipinski definition) is 3. The van der Waals surface area contributed by atoms with Gasteiger partial charge in [-0.15, -0.1) is 0 Å². The summed E-state index contributed by atoms with van der Waals surface area (Å²) in [6, 6.07) is 7.23. The van der Waals surface area contributed by atoms with Crippen molar-refractivity contribution in [3.8, 4) is 5.69 Å². The number of rotatable bonds is 5. The molecule has 0 bridgehead atoms. The Labute approximate surface area is 152 Å². The molecule has 0 radical (unpaired) electrons. The summed E-state index contributed by atoms with van der Waals surface area (Å²) in [4.78, 5) is 14.6. The number of Topliss-reactive ketones (excluding diaryl/α,β-unsaturated/α-hetero) is 1. The molecule has 0 aliphatic carbocycles. The molecule has 128 valence electrons. The number of nitrogens with zero attached hydrogens (tertiary/aromatic N) is 3. The number of benzene rings is 1. The van der Waals surface area contributed by atoms with E-state index in [9.17, 15) is 4.79 Å². The highest BCUT2D eigenvalue weighted by molar-refractivity contribution is 6.42. The Balaban J connectivity index is 1.60. The highest BCUT2D eigenvalue weighted by atomic mass is 35.5. The molecule has 1 aliphatic heterocycles. The van der Waals surface area contributed by atoms with Gasteiger partial charge in [0.2, 0.25) is 0 Å². The fourth-order valence-corrected chi connectivity index (χ4v) is 3.32. The van der Waals surface area contributed by atoms with Crippen molar-refractivity contribution in [1.82, 2.24) is 14.7 Å². The number of carbonyl (C=O) groups is 1. The third-order valence-electron chi connectivity index (χ3n) is 4.29. The minimum absolute atomic E-state index is 0.219. The van der Waals surface area contributed by atoms with Gasteiger partial charge >= 0.3 is 0 Å². The molecule has 3 rings (SSSR count). The van der Waals surface area contributed by atoms with Crippen LogP contribution in [0.3, 0.4) is 0 Å². The van der Waals surface area contributed by atoms with E-state index in [0.29, 0.717) is 23.0 Å². The van der Waals surface area contributed by atoms with Gasteiger partial charge in [-0.25, -0.2) is 4.68 Å². The van der Waals surface area contributed by atoms with Crippen LogP contribution in [0.2, 0.25) is 10.0 Å². The van der Waals surface area contributed by atoms with Crippen LogP contribution in [0.25, 0.3) is 5.69 Å². The molecule has 0 amide bonds. The van der Waals surface area contributed by atoms with E-state index in [-0.39, 0.29) is 5.78 Å². The largest absolute Gasteiger partial charge is 0.298 e. The van der Waals surface area contributed by atoms with Crippen molar-refractivity contribution in [1.29, 1.82) is 0 Å². The van der Waals surface area contributed by atoms with Crippen molar-refractivity contribution < 1.29 is 4.79 Å². The second kappa shape index (κ2) is 8.15. The molecule has 0 saturated carbocycles. The summed E-state index contributed by atoms with van der Waals surface area (Å²) in [6.07, 6.45) is 7.15. The zero-order valence-corrected chi connectivity index (χ0v) is 15.1. The maximum absolute atomic E-state index is 12.3. The van der Waals surface area contributed by atoms with Crippen molar-refractivity contribution in [2.24, 2.45) is 0 Å². The smallest absolute Gasteiger partial charge is 0.152 e. The Morgan fingerprint density at radius 1 is 1.04 bits per heavy atom. The molecule has 0 atom stereocenters. The van der Waals surface area contributed by atoms with Crippen LogP contribution in [0.1, 0.15) is 31.4 Å². The van der Waals surface area contributed by atoms with E-state index < -0.39 is 0 Å². The molecule has 2 heterocycles. The molecule has 1 aromatic heterocycles. The molecule has 1 saturated heterocycles. The molecule has 24 heavy (non-hydrogen) atoms. The van der Waals surface area contributed by atoms with Gasteiger partial charge in [-0.05, 0) is 50.2 Å². The minimum atomic E-state index is 0.219. The van der Waals surface area contributed by atoms with E-state index in [1.165, 1.54) is 25.7 Å². The van der Waals surface area contributed by atoms with Crippen LogP contribution in [-0.4, -0.2) is 40.1 Å². The zero-order chi connectivity index (χ0) is 16.9. The molecular formula is C18H21Cl2N3O. The number of carbonyl (C=O) groups excluding carboxylic acids is 1. The first kappa shape index (κ1) is 17.5. The van der Waals surface area contributed by atoms with Crippen molar-refractivity contribution in [3.05, 3.63) is 46.2 Å². The summed E-state index contributed by atoms with van der Waals surface area (Å²) in [5.41, 5.74) is 1.61. The Kier molecular flexibility index (Phi) is 5.93. The average molecular weight is 366 g/mol. The van der Waals surface area contributed by atoms with Crippen LogP contribution in [0, 0.1) is 0 Å². The van der Waals surface area contributed by atoms with Crippen molar-refractivity contribution in [2.45, 2.75) is 32.1 Å². The third kappa shape index (κ3) is 4.59. The van der Waals surface area contributed by atoms with Gasteiger partial charge < -0.3 is 0 Å². The van der Waals surface area contributed by atoms with E-state index in [1.54, 1.807) is 16.8 Å². The monoisotopic (exact) mass is 365 g/mol. The maximum atomic E-state index is 12.3. The third-order valence-corrected chi connectivity index (χ3v) is 5.03. The van der Waals surface area contributed by atoms with Crippen LogP contribution in [0.4, 0.5) is 0 Å². The molecule has 6 heteroatoms. The molecule has 0 N–H and O–H groups in total. The van der Waals surface area contributed by atoms with E-state index in [1.807, 2.05) is 18.3 Å². The number of hydrogen-bond donors (Lipinski definition) is 0. The van der Waals surface area contributed by atoms with Gasteiger partial charge in [-0.1, -0.05) is 36.0 Å².